The lowest BCUT2D eigenvalue weighted by Crippen LogP contribution is -1.73. The van der Waals surface area contributed by atoms with Crippen molar-refractivity contribution < 1.29 is 0 Å². The summed E-state index contributed by atoms with van der Waals surface area (Å²) in [7, 11) is 0. The molecule has 0 aliphatic carbocycles. The molecule has 15 heavy (non-hydrogen) atoms. The van der Waals surface area contributed by atoms with Gasteiger partial charge in [0.05, 0.1) is 9.75 Å². The van der Waals surface area contributed by atoms with Gasteiger partial charge in [0.1, 0.15) is 11.6 Å². The summed E-state index contributed by atoms with van der Waals surface area (Å²) in [5.41, 5.74) is 0. The lowest BCUT2D eigenvalue weighted by molar-refractivity contribution is 1.33. The van der Waals surface area contributed by atoms with Crippen molar-refractivity contribution in [2.75, 3.05) is 0 Å². The highest BCUT2D eigenvalue weighted by Gasteiger charge is 2.07. The first kappa shape index (κ1) is 8.43. The van der Waals surface area contributed by atoms with Gasteiger partial charge in [-0.15, -0.1) is 11.3 Å². The van der Waals surface area contributed by atoms with Crippen LogP contribution in [0.15, 0.2) is 36.9 Å². The van der Waals surface area contributed by atoms with Crippen LogP contribution in [0.1, 0.15) is 0 Å². The zero-order valence-corrected chi connectivity index (χ0v) is 8.58. The quantitative estimate of drug-likeness (QED) is 0.691. The molecule has 0 fully saturated rings. The summed E-state index contributed by atoms with van der Waals surface area (Å²) in [6.07, 6.45) is 7.15. The molecule has 0 unspecified atom stereocenters. The van der Waals surface area contributed by atoms with Crippen molar-refractivity contribution in [1.82, 2.24) is 19.9 Å². The van der Waals surface area contributed by atoms with E-state index in [1.165, 1.54) is 0 Å². The van der Waals surface area contributed by atoms with E-state index in [4.69, 9.17) is 0 Å². The normalized spacial score (nSPS) is 10.7. The summed E-state index contributed by atoms with van der Waals surface area (Å²) in [5.74, 6) is 1.80. The highest BCUT2D eigenvalue weighted by molar-refractivity contribution is 7.18. The van der Waals surface area contributed by atoms with Crippen molar-refractivity contribution >= 4 is 11.3 Å². The van der Waals surface area contributed by atoms with Crippen LogP contribution in [0.5, 0.6) is 0 Å². The lowest BCUT2D eigenvalue weighted by atomic mass is 10.4. The molecular formula is C10H8N4S. The Labute approximate surface area is 90.0 Å². The Morgan fingerprint density at radius 3 is 1.80 bits per heavy atom. The maximum atomic E-state index is 4.21. The molecule has 0 aliphatic heterocycles. The van der Waals surface area contributed by atoms with Crippen molar-refractivity contribution in [2.24, 2.45) is 0 Å². The molecule has 0 aliphatic rings. The number of nitrogens with zero attached hydrogens (tertiary/aromatic N) is 2. The largest absolute Gasteiger partial charge is 0.344 e. The van der Waals surface area contributed by atoms with E-state index in [2.05, 4.69) is 19.9 Å². The lowest BCUT2D eigenvalue weighted by Gasteiger charge is -1.89. The van der Waals surface area contributed by atoms with Crippen LogP contribution in [0.4, 0.5) is 0 Å². The molecule has 0 saturated carbocycles. The van der Waals surface area contributed by atoms with Gasteiger partial charge < -0.3 is 9.97 Å². The Kier molecular flexibility index (Phi) is 1.89. The number of thiophene rings is 1. The molecule has 3 aromatic heterocycles. The predicted octanol–water partition coefficient (Wildman–Crippen LogP) is 2.53. The van der Waals surface area contributed by atoms with E-state index in [1.54, 1.807) is 23.7 Å². The molecule has 2 N–H and O–H groups in total. The van der Waals surface area contributed by atoms with E-state index in [-0.39, 0.29) is 0 Å². The number of rotatable bonds is 2. The van der Waals surface area contributed by atoms with Crippen LogP contribution < -0.4 is 0 Å². The monoisotopic (exact) mass is 216 g/mol. The van der Waals surface area contributed by atoms with Crippen LogP contribution in [0, 0.1) is 0 Å². The van der Waals surface area contributed by atoms with E-state index in [1.807, 2.05) is 24.5 Å². The number of hydrogen-bond acceptors (Lipinski definition) is 3. The van der Waals surface area contributed by atoms with Gasteiger partial charge in [0, 0.05) is 24.8 Å². The van der Waals surface area contributed by atoms with Crippen molar-refractivity contribution in [3.63, 3.8) is 0 Å². The molecule has 0 saturated heterocycles. The maximum absolute atomic E-state index is 4.21. The zero-order valence-electron chi connectivity index (χ0n) is 7.77. The second kappa shape index (κ2) is 3.36. The van der Waals surface area contributed by atoms with Crippen LogP contribution in [-0.4, -0.2) is 19.9 Å². The first-order valence-corrected chi connectivity index (χ1v) is 5.34. The van der Waals surface area contributed by atoms with Gasteiger partial charge in [-0.1, -0.05) is 0 Å². The number of aromatic amines is 2. The summed E-state index contributed by atoms with van der Waals surface area (Å²) in [6, 6.07) is 4.09. The summed E-state index contributed by atoms with van der Waals surface area (Å²) in [4.78, 5) is 16.8. The number of nitrogens with one attached hydrogen (secondary N) is 2. The standard InChI is InChI=1S/C10H8N4S/c1-2-8(10-13-5-6-14-10)15-7(1)9-11-3-4-12-9/h1-6H,(H,11,12)(H,13,14). The second-order valence-electron chi connectivity index (χ2n) is 3.04. The number of hydrogen-bond donors (Lipinski definition) is 2. The Balaban J connectivity index is 2.02. The molecule has 3 heterocycles. The minimum atomic E-state index is 0.901. The average Bonchev–Trinajstić information content (AvgIpc) is 3.02. The van der Waals surface area contributed by atoms with Crippen LogP contribution in [0.3, 0.4) is 0 Å². The number of aromatic nitrogens is 4. The van der Waals surface area contributed by atoms with Gasteiger partial charge in [0.25, 0.3) is 0 Å². The van der Waals surface area contributed by atoms with Gasteiger partial charge >= 0.3 is 0 Å². The Bertz CT molecular complexity index is 487. The third-order valence-electron chi connectivity index (χ3n) is 2.07. The summed E-state index contributed by atoms with van der Waals surface area (Å²) >= 11 is 1.66. The molecule has 0 bridgehead atoms. The average molecular weight is 216 g/mol. The molecule has 4 nitrogen and oxygen atoms in total. The second-order valence-corrected chi connectivity index (χ2v) is 4.12. The predicted molar refractivity (Wildman–Crippen MR) is 59.5 cm³/mol. The fourth-order valence-corrected chi connectivity index (χ4v) is 2.32. The molecule has 5 heteroatoms. The summed E-state index contributed by atoms with van der Waals surface area (Å²) in [5, 5.41) is 0. The Morgan fingerprint density at radius 2 is 1.40 bits per heavy atom. The number of imidazole rings is 2. The van der Waals surface area contributed by atoms with Crippen molar-refractivity contribution in [3.05, 3.63) is 36.9 Å². The molecule has 0 atom stereocenters. The minimum absolute atomic E-state index is 0.901. The smallest absolute Gasteiger partial charge is 0.147 e. The van der Waals surface area contributed by atoms with Crippen molar-refractivity contribution in [1.29, 1.82) is 0 Å². The van der Waals surface area contributed by atoms with Gasteiger partial charge in [-0.25, -0.2) is 9.97 Å². The van der Waals surface area contributed by atoms with E-state index in [0.717, 1.165) is 21.4 Å². The molecule has 3 aromatic rings. The fourth-order valence-electron chi connectivity index (χ4n) is 1.39. The SMILES string of the molecule is c1c[nH]c(-c2ccc(-c3ncc[nH]3)s2)n1. The highest BCUT2D eigenvalue weighted by atomic mass is 32.1. The van der Waals surface area contributed by atoms with Gasteiger partial charge in [0.15, 0.2) is 0 Å². The van der Waals surface area contributed by atoms with Crippen LogP contribution >= 0.6 is 11.3 Å². The third-order valence-corrected chi connectivity index (χ3v) is 3.17. The molecule has 0 spiro atoms. The molecule has 3 rings (SSSR count). The Hall–Kier alpha value is -1.88. The van der Waals surface area contributed by atoms with Gasteiger partial charge in [-0.3, -0.25) is 0 Å². The van der Waals surface area contributed by atoms with E-state index in [9.17, 15) is 0 Å². The van der Waals surface area contributed by atoms with Gasteiger partial charge in [-0.2, -0.15) is 0 Å². The van der Waals surface area contributed by atoms with Crippen molar-refractivity contribution in [2.45, 2.75) is 0 Å². The minimum Gasteiger partial charge on any atom is -0.344 e. The molecule has 0 radical (unpaired) electrons. The van der Waals surface area contributed by atoms with Crippen LogP contribution in [0.2, 0.25) is 0 Å². The third kappa shape index (κ3) is 1.46. The summed E-state index contributed by atoms with van der Waals surface area (Å²) < 4.78 is 0. The molecule has 0 aromatic carbocycles. The van der Waals surface area contributed by atoms with E-state index in [0.29, 0.717) is 0 Å². The maximum Gasteiger partial charge on any atom is 0.147 e. The van der Waals surface area contributed by atoms with Gasteiger partial charge in [-0.05, 0) is 12.1 Å². The Morgan fingerprint density at radius 1 is 0.867 bits per heavy atom. The van der Waals surface area contributed by atoms with Gasteiger partial charge in [0.2, 0.25) is 0 Å². The van der Waals surface area contributed by atoms with Crippen molar-refractivity contribution in [3.8, 4) is 21.4 Å². The summed E-state index contributed by atoms with van der Waals surface area (Å²) in [6.45, 7) is 0. The van der Waals surface area contributed by atoms with E-state index >= 15 is 0 Å². The van der Waals surface area contributed by atoms with Crippen LogP contribution in [0.25, 0.3) is 21.4 Å². The highest BCUT2D eigenvalue weighted by Crippen LogP contribution is 2.30. The zero-order chi connectivity index (χ0) is 10.1. The number of H-pyrrole nitrogens is 2. The van der Waals surface area contributed by atoms with Crippen LogP contribution in [-0.2, 0) is 0 Å². The topological polar surface area (TPSA) is 57.4 Å². The molecule has 74 valence electrons. The molecule has 0 amide bonds. The first-order chi connectivity index (χ1) is 7.43. The fraction of sp³-hybridized carbons (Fsp3) is 0. The molecular weight excluding hydrogens is 208 g/mol. The van der Waals surface area contributed by atoms with E-state index < -0.39 is 0 Å². The first-order valence-electron chi connectivity index (χ1n) is 4.53.